The van der Waals surface area contributed by atoms with Crippen molar-refractivity contribution in [3.8, 4) is 0 Å². The number of fused-ring (bicyclic) bond motifs is 1. The zero-order chi connectivity index (χ0) is 27.8. The lowest BCUT2D eigenvalue weighted by molar-refractivity contribution is -0.153. The minimum Gasteiger partial charge on any atom is -0.455 e. The second kappa shape index (κ2) is 10.4. The van der Waals surface area contributed by atoms with Crippen LogP contribution in [0.3, 0.4) is 0 Å². The number of para-hydroxylation sites is 1. The summed E-state index contributed by atoms with van der Waals surface area (Å²) >= 11 is 0. The van der Waals surface area contributed by atoms with Gasteiger partial charge in [-0.2, -0.15) is 21.6 Å². The van der Waals surface area contributed by atoms with E-state index < -0.39 is 22.2 Å². The molecule has 1 aliphatic carbocycles. The van der Waals surface area contributed by atoms with Gasteiger partial charge < -0.3 is 14.3 Å². The molecule has 0 saturated heterocycles. The third-order valence-electron chi connectivity index (χ3n) is 6.61. The Morgan fingerprint density at radius 2 is 1.97 bits per heavy atom. The third-order valence-corrected chi connectivity index (χ3v) is 7.07. The smallest absolute Gasteiger partial charge is 0.449 e. The van der Waals surface area contributed by atoms with Crippen LogP contribution in [-0.2, 0) is 27.2 Å². The van der Waals surface area contributed by atoms with Gasteiger partial charge >= 0.3 is 16.5 Å². The molecule has 0 bridgehead atoms. The molecule has 206 valence electrons. The Kier molecular flexibility index (Phi) is 7.18. The van der Waals surface area contributed by atoms with Crippen molar-refractivity contribution in [2.24, 2.45) is 11.1 Å². The monoisotopic (exact) mass is 563 g/mol. The van der Waals surface area contributed by atoms with Crippen LogP contribution in [0.4, 0.5) is 19.0 Å². The first-order chi connectivity index (χ1) is 18.5. The SMILES string of the molecule is NS(=O)(=O)OC[C@@H]1CC[C@H](Nc2ncncc2C(=O)c2cn(Cc3ccc(C(F)(F)F)o3)c3ccccc23)C1. The average molecular weight is 564 g/mol. The van der Waals surface area contributed by atoms with Crippen LogP contribution in [0.5, 0.6) is 0 Å². The van der Waals surface area contributed by atoms with Crippen LogP contribution in [0.1, 0.15) is 46.7 Å². The fourth-order valence-corrected chi connectivity index (χ4v) is 5.22. The number of hydrogen-bond donors (Lipinski definition) is 2. The summed E-state index contributed by atoms with van der Waals surface area (Å²) in [7, 11) is -4.02. The van der Waals surface area contributed by atoms with Crippen LogP contribution in [0.2, 0.25) is 0 Å². The van der Waals surface area contributed by atoms with E-state index in [4.69, 9.17) is 13.7 Å². The predicted molar refractivity (Wildman–Crippen MR) is 134 cm³/mol. The highest BCUT2D eigenvalue weighted by atomic mass is 32.2. The van der Waals surface area contributed by atoms with Crippen LogP contribution in [0, 0.1) is 5.92 Å². The maximum atomic E-state index is 13.7. The Balaban J connectivity index is 1.38. The van der Waals surface area contributed by atoms with Crippen molar-refractivity contribution in [2.45, 2.75) is 38.0 Å². The quantitative estimate of drug-likeness (QED) is 0.290. The van der Waals surface area contributed by atoms with Gasteiger partial charge in [0.15, 0.2) is 5.78 Å². The maximum absolute atomic E-state index is 13.7. The van der Waals surface area contributed by atoms with Gasteiger partial charge in [-0.1, -0.05) is 18.2 Å². The fraction of sp³-hybridized carbons (Fsp3) is 0.320. The van der Waals surface area contributed by atoms with Crippen molar-refractivity contribution in [2.75, 3.05) is 11.9 Å². The van der Waals surface area contributed by atoms with E-state index in [9.17, 15) is 26.4 Å². The molecule has 3 N–H and O–H groups in total. The molecule has 0 radical (unpaired) electrons. The van der Waals surface area contributed by atoms with Gasteiger partial charge in [-0.05, 0) is 43.4 Å². The van der Waals surface area contributed by atoms with Gasteiger partial charge in [0.05, 0.1) is 18.7 Å². The fourth-order valence-electron chi connectivity index (χ4n) is 4.84. The van der Waals surface area contributed by atoms with Crippen molar-refractivity contribution in [1.82, 2.24) is 14.5 Å². The topological polar surface area (TPSA) is 142 Å². The molecule has 0 aliphatic heterocycles. The molecule has 4 aromatic rings. The summed E-state index contributed by atoms with van der Waals surface area (Å²) in [5.41, 5.74) is 1.20. The molecule has 1 saturated carbocycles. The lowest BCUT2D eigenvalue weighted by atomic mass is 10.0. The molecular formula is C25H24F3N5O5S. The van der Waals surface area contributed by atoms with Crippen LogP contribution in [0.25, 0.3) is 10.9 Å². The number of ketones is 1. The minimum absolute atomic E-state index is 0.00960. The van der Waals surface area contributed by atoms with E-state index >= 15 is 0 Å². The first-order valence-corrected chi connectivity index (χ1v) is 13.5. The number of benzene rings is 1. The van der Waals surface area contributed by atoms with Crippen LogP contribution < -0.4 is 10.5 Å². The van der Waals surface area contributed by atoms with E-state index in [1.807, 2.05) is 0 Å². The first kappa shape index (κ1) is 26.8. The Hall–Kier alpha value is -3.75. The number of alkyl halides is 3. The molecule has 1 aliphatic rings. The first-order valence-electron chi connectivity index (χ1n) is 12.0. The second-order valence-corrected chi connectivity index (χ2v) is 10.6. The number of carbonyl (C=O) groups excluding carboxylic acids is 1. The maximum Gasteiger partial charge on any atom is 0.449 e. The molecule has 1 fully saturated rings. The number of rotatable bonds is 9. The third kappa shape index (κ3) is 6.13. The van der Waals surface area contributed by atoms with Gasteiger partial charge in [-0.3, -0.25) is 8.98 Å². The van der Waals surface area contributed by atoms with Crippen molar-refractivity contribution < 1.29 is 35.0 Å². The summed E-state index contributed by atoms with van der Waals surface area (Å²) in [5, 5.41) is 8.78. The summed E-state index contributed by atoms with van der Waals surface area (Å²) in [5.74, 6) is -1.07. The number of furan rings is 1. The second-order valence-electron chi connectivity index (χ2n) is 9.36. The Bertz CT molecular complexity index is 1620. The summed E-state index contributed by atoms with van der Waals surface area (Å²) in [4.78, 5) is 22.0. The lowest BCUT2D eigenvalue weighted by Crippen LogP contribution is -2.22. The molecule has 0 spiro atoms. The molecule has 3 aromatic heterocycles. The number of aromatic nitrogens is 3. The largest absolute Gasteiger partial charge is 0.455 e. The summed E-state index contributed by atoms with van der Waals surface area (Å²) in [6.07, 6.45) is 1.71. The van der Waals surface area contributed by atoms with Gasteiger partial charge in [-0.15, -0.1) is 0 Å². The Morgan fingerprint density at radius 3 is 2.72 bits per heavy atom. The van der Waals surface area contributed by atoms with Gasteiger partial charge in [-0.25, -0.2) is 15.1 Å². The number of anilines is 1. The number of halogens is 3. The van der Waals surface area contributed by atoms with Crippen LogP contribution in [0.15, 0.2) is 59.5 Å². The van der Waals surface area contributed by atoms with Crippen molar-refractivity contribution in [3.63, 3.8) is 0 Å². The lowest BCUT2D eigenvalue weighted by Gasteiger charge is -2.16. The molecule has 3 heterocycles. The highest BCUT2D eigenvalue weighted by molar-refractivity contribution is 7.84. The van der Waals surface area contributed by atoms with Crippen LogP contribution >= 0.6 is 0 Å². The molecule has 10 nitrogen and oxygen atoms in total. The Morgan fingerprint density at radius 1 is 1.18 bits per heavy atom. The average Bonchev–Trinajstić information content (AvgIpc) is 3.62. The van der Waals surface area contributed by atoms with Gasteiger partial charge in [0.25, 0.3) is 0 Å². The van der Waals surface area contributed by atoms with Crippen molar-refractivity contribution >= 4 is 32.8 Å². The van der Waals surface area contributed by atoms with E-state index in [-0.39, 0.29) is 42.2 Å². The summed E-state index contributed by atoms with van der Waals surface area (Å²) < 4.78 is 72.5. The van der Waals surface area contributed by atoms with E-state index in [1.165, 1.54) is 18.6 Å². The normalized spacial score (nSPS) is 18.1. The number of nitrogens with two attached hydrogens (primary N) is 1. The molecule has 2 atom stereocenters. The van der Waals surface area contributed by atoms with Crippen molar-refractivity contribution in [3.05, 3.63) is 77.8 Å². The highest BCUT2D eigenvalue weighted by Crippen LogP contribution is 2.33. The summed E-state index contributed by atoms with van der Waals surface area (Å²) in [6.45, 7) is -0.0312. The molecule has 14 heteroatoms. The molecular weight excluding hydrogens is 539 g/mol. The van der Waals surface area contributed by atoms with E-state index in [0.717, 1.165) is 6.07 Å². The van der Waals surface area contributed by atoms with Gasteiger partial charge in [0.2, 0.25) is 5.76 Å². The van der Waals surface area contributed by atoms with Gasteiger partial charge in [0, 0.05) is 34.9 Å². The standard InChI is InChI=1S/C25H24F3N5O5S/c26-25(27,28)22-8-7-17(38-22)11-33-12-20(18-3-1-2-4-21(18)33)23(34)19-10-30-14-31-24(19)32-16-6-5-15(9-16)13-37-39(29,35)36/h1-4,7-8,10,12,14-16H,5-6,9,11,13H2,(H2,29,35,36)(H,30,31,32)/t15-,16+/m1/s1. The van der Waals surface area contributed by atoms with Gasteiger partial charge in [0.1, 0.15) is 17.9 Å². The Labute approximate surface area is 221 Å². The molecule has 0 amide bonds. The zero-order valence-corrected chi connectivity index (χ0v) is 21.2. The molecule has 1 aromatic carbocycles. The molecule has 39 heavy (non-hydrogen) atoms. The highest BCUT2D eigenvalue weighted by Gasteiger charge is 2.35. The summed E-state index contributed by atoms with van der Waals surface area (Å²) in [6, 6.07) is 9.11. The molecule has 5 rings (SSSR count). The number of carbonyl (C=O) groups is 1. The number of hydrogen-bond acceptors (Lipinski definition) is 8. The minimum atomic E-state index is -4.59. The predicted octanol–water partition coefficient (Wildman–Crippen LogP) is 4.12. The van der Waals surface area contributed by atoms with E-state index in [1.54, 1.807) is 35.0 Å². The van der Waals surface area contributed by atoms with E-state index in [0.29, 0.717) is 41.5 Å². The molecule has 0 unspecified atom stereocenters. The van der Waals surface area contributed by atoms with Crippen LogP contribution in [-0.4, -0.2) is 41.4 Å². The number of nitrogens with one attached hydrogen (secondary N) is 1. The van der Waals surface area contributed by atoms with Crippen molar-refractivity contribution in [1.29, 1.82) is 0 Å². The number of nitrogens with zero attached hydrogens (tertiary/aromatic N) is 3. The zero-order valence-electron chi connectivity index (χ0n) is 20.4. The van der Waals surface area contributed by atoms with E-state index in [2.05, 4.69) is 15.3 Å².